The van der Waals surface area contributed by atoms with Gasteiger partial charge in [0.1, 0.15) is 31.6 Å². The molecule has 0 spiro atoms. The van der Waals surface area contributed by atoms with Crippen LogP contribution in [0.1, 0.15) is 50.4 Å². The molecule has 7 heteroatoms. The third-order valence-corrected chi connectivity index (χ3v) is 12.4. The predicted octanol–water partition coefficient (Wildman–Crippen LogP) is 11.2. The number of nitrogens with one attached hydrogen (secondary N) is 1. The van der Waals surface area contributed by atoms with Crippen LogP contribution in [0.4, 0.5) is 4.79 Å². The van der Waals surface area contributed by atoms with E-state index in [9.17, 15) is 9.59 Å². The number of esters is 1. The van der Waals surface area contributed by atoms with Crippen LogP contribution in [0, 0.1) is 6.92 Å². The van der Waals surface area contributed by atoms with Crippen LogP contribution in [0.5, 0.6) is 5.75 Å². The molecule has 0 radical (unpaired) electrons. The second kappa shape index (κ2) is 18.3. The molecule has 0 aromatic heterocycles. The quantitative estimate of drug-likeness (QED) is 0.0823. The molecule has 0 heterocycles. The number of hydrogen-bond acceptors (Lipinski definition) is 6. The summed E-state index contributed by atoms with van der Waals surface area (Å²) in [6, 6.07) is 61.9. The Morgan fingerprint density at radius 3 is 1.59 bits per heavy atom. The van der Waals surface area contributed by atoms with E-state index in [0.29, 0.717) is 12.4 Å². The lowest BCUT2D eigenvalue weighted by atomic mass is 9.84. The Labute approximate surface area is 350 Å². The van der Waals surface area contributed by atoms with Crippen LogP contribution in [0.3, 0.4) is 0 Å². The number of rotatable bonds is 15. The number of carbonyl (C=O) groups excluding carboxylic acids is 2. The van der Waals surface area contributed by atoms with Gasteiger partial charge in [-0.15, -0.1) is 11.8 Å². The van der Waals surface area contributed by atoms with Crippen molar-refractivity contribution in [3.8, 4) is 16.9 Å². The zero-order chi connectivity index (χ0) is 40.4. The van der Waals surface area contributed by atoms with Gasteiger partial charge in [-0.2, -0.15) is 0 Å². The van der Waals surface area contributed by atoms with Gasteiger partial charge in [-0.05, 0) is 69.1 Å². The smallest absolute Gasteiger partial charge is 0.407 e. The third kappa shape index (κ3) is 8.96. The number of benzene rings is 7. The molecule has 0 aliphatic heterocycles. The van der Waals surface area contributed by atoms with Gasteiger partial charge in [0, 0.05) is 11.7 Å². The van der Waals surface area contributed by atoms with Crippen LogP contribution >= 0.6 is 11.8 Å². The molecule has 1 N–H and O–H groups in total. The largest absolute Gasteiger partial charge is 0.489 e. The lowest BCUT2D eigenvalue weighted by Crippen LogP contribution is -2.45. The number of carbonyl (C=O) groups is 2. The van der Waals surface area contributed by atoms with Gasteiger partial charge in [0.05, 0.1) is 4.75 Å². The maximum atomic E-state index is 14.2. The van der Waals surface area contributed by atoms with Crippen molar-refractivity contribution in [2.45, 2.75) is 36.8 Å². The Morgan fingerprint density at radius 2 is 1.05 bits per heavy atom. The molecule has 1 aliphatic carbocycles. The van der Waals surface area contributed by atoms with Crippen molar-refractivity contribution in [3.63, 3.8) is 0 Å². The Morgan fingerprint density at radius 1 is 0.576 bits per heavy atom. The second-order valence-electron chi connectivity index (χ2n) is 14.6. The number of fused-ring (bicyclic) bond motifs is 3. The van der Waals surface area contributed by atoms with E-state index in [1.54, 1.807) is 11.8 Å². The minimum Gasteiger partial charge on any atom is -0.489 e. The molecular weight excluding hydrogens is 751 g/mol. The maximum Gasteiger partial charge on any atom is 0.407 e. The van der Waals surface area contributed by atoms with Crippen LogP contribution in [0.2, 0.25) is 0 Å². The molecule has 59 heavy (non-hydrogen) atoms. The fraction of sp³-hybridized carbons (Fsp3) is 0.154. The first-order valence-corrected chi connectivity index (χ1v) is 20.8. The van der Waals surface area contributed by atoms with E-state index >= 15 is 0 Å². The average Bonchev–Trinajstić information content (AvgIpc) is 3.62. The van der Waals surface area contributed by atoms with Crippen molar-refractivity contribution in [1.29, 1.82) is 0 Å². The maximum absolute atomic E-state index is 14.2. The third-order valence-electron chi connectivity index (χ3n) is 10.8. The highest BCUT2D eigenvalue weighted by Crippen LogP contribution is 2.49. The summed E-state index contributed by atoms with van der Waals surface area (Å²) in [5, 5.41) is 2.92. The van der Waals surface area contributed by atoms with Gasteiger partial charge < -0.3 is 19.5 Å². The minimum absolute atomic E-state index is 0.0197. The summed E-state index contributed by atoms with van der Waals surface area (Å²) in [5.74, 6) is 0.214. The number of amides is 1. The van der Waals surface area contributed by atoms with Gasteiger partial charge in [-0.3, -0.25) is 0 Å². The van der Waals surface area contributed by atoms with Crippen LogP contribution < -0.4 is 10.1 Å². The molecule has 294 valence electrons. The number of alkyl carbamates (subject to hydrolysis) is 1. The Kier molecular flexibility index (Phi) is 12.2. The average molecular weight is 796 g/mol. The van der Waals surface area contributed by atoms with E-state index in [1.807, 2.05) is 103 Å². The lowest BCUT2D eigenvalue weighted by Gasteiger charge is -2.36. The van der Waals surface area contributed by atoms with Crippen molar-refractivity contribution in [1.82, 2.24) is 5.32 Å². The monoisotopic (exact) mass is 795 g/mol. The zero-order valence-electron chi connectivity index (χ0n) is 32.8. The SMILES string of the molecule is Cc1ccc(COc2ccc(COC(=O)[C@@H](CSC(c3ccccc3)(c3ccccc3)c3ccccc3)NC(=O)OCC3c4ccccc4-c4ccccc43)cc2)cc1. The molecule has 1 aliphatic rings. The van der Waals surface area contributed by atoms with Gasteiger partial charge in [0.2, 0.25) is 0 Å². The van der Waals surface area contributed by atoms with Crippen molar-refractivity contribution < 1.29 is 23.8 Å². The van der Waals surface area contributed by atoms with Gasteiger partial charge in [0.15, 0.2) is 0 Å². The summed E-state index contributed by atoms with van der Waals surface area (Å²) in [6.45, 7) is 2.65. The summed E-state index contributed by atoms with van der Waals surface area (Å²) in [4.78, 5) is 28.0. The molecule has 0 unspecified atom stereocenters. The normalized spacial score (nSPS) is 12.5. The molecule has 1 atom stereocenters. The Bertz CT molecular complexity index is 2330. The van der Waals surface area contributed by atoms with E-state index < -0.39 is 22.9 Å². The van der Waals surface area contributed by atoms with Crippen molar-refractivity contribution in [2.75, 3.05) is 12.4 Å². The number of aryl methyl sites for hydroxylation is 1. The van der Waals surface area contributed by atoms with E-state index in [2.05, 4.69) is 97.2 Å². The van der Waals surface area contributed by atoms with Crippen LogP contribution in [0.25, 0.3) is 11.1 Å². The highest BCUT2D eigenvalue weighted by atomic mass is 32.2. The van der Waals surface area contributed by atoms with Gasteiger partial charge >= 0.3 is 12.1 Å². The fourth-order valence-electron chi connectivity index (χ4n) is 7.72. The molecule has 0 saturated heterocycles. The number of thioether (sulfide) groups is 1. The van der Waals surface area contributed by atoms with Crippen LogP contribution in [-0.4, -0.2) is 30.5 Å². The zero-order valence-corrected chi connectivity index (χ0v) is 33.6. The standard InChI is InChI=1S/C52H45NO5S/c1-37-25-27-38(28-26-37)33-56-43-31-29-39(30-32-43)34-57-50(54)49(53-51(55)58-35-48-46-23-13-11-21-44(46)45-22-12-14-24-47(45)48)36-59-52(40-15-5-2-6-16-40,41-17-7-3-8-18-41)42-19-9-4-10-20-42/h2-32,48-49H,33-36H2,1H3,(H,53,55)/t49-/m1/s1. The number of ether oxygens (including phenoxy) is 3. The summed E-state index contributed by atoms with van der Waals surface area (Å²) in [5.41, 5.74) is 10.7. The first-order chi connectivity index (χ1) is 29.0. The summed E-state index contributed by atoms with van der Waals surface area (Å²) in [7, 11) is 0. The fourth-order valence-corrected chi connectivity index (χ4v) is 9.26. The summed E-state index contributed by atoms with van der Waals surface area (Å²) in [6.07, 6.45) is -0.686. The lowest BCUT2D eigenvalue weighted by molar-refractivity contribution is -0.146. The first-order valence-electron chi connectivity index (χ1n) is 19.8. The predicted molar refractivity (Wildman–Crippen MR) is 235 cm³/mol. The van der Waals surface area contributed by atoms with Gasteiger partial charge in [-0.25, -0.2) is 9.59 Å². The Hall–Kier alpha value is -6.57. The molecule has 0 saturated carbocycles. The Balaban J connectivity index is 1.02. The van der Waals surface area contributed by atoms with Crippen molar-refractivity contribution >= 4 is 23.8 Å². The van der Waals surface area contributed by atoms with Crippen molar-refractivity contribution in [3.05, 3.63) is 233 Å². The van der Waals surface area contributed by atoms with E-state index in [-0.39, 0.29) is 24.9 Å². The molecule has 0 fully saturated rings. The van der Waals surface area contributed by atoms with E-state index in [4.69, 9.17) is 14.2 Å². The van der Waals surface area contributed by atoms with E-state index in [0.717, 1.165) is 50.1 Å². The minimum atomic E-state index is -1.04. The van der Waals surface area contributed by atoms with Crippen LogP contribution in [0.15, 0.2) is 188 Å². The molecule has 8 rings (SSSR count). The first kappa shape index (κ1) is 39.3. The molecule has 1 amide bonds. The highest BCUT2D eigenvalue weighted by Gasteiger charge is 2.39. The van der Waals surface area contributed by atoms with Crippen LogP contribution in [-0.2, 0) is 32.2 Å². The molecule has 6 nitrogen and oxygen atoms in total. The van der Waals surface area contributed by atoms with Gasteiger partial charge in [0.25, 0.3) is 0 Å². The molecule has 0 bridgehead atoms. The molecular formula is C52H45NO5S. The summed E-state index contributed by atoms with van der Waals surface area (Å²) < 4.78 is 17.2. The van der Waals surface area contributed by atoms with Crippen molar-refractivity contribution in [2.24, 2.45) is 0 Å². The topological polar surface area (TPSA) is 73.9 Å². The highest BCUT2D eigenvalue weighted by molar-refractivity contribution is 8.00. The molecule has 7 aromatic rings. The van der Waals surface area contributed by atoms with Gasteiger partial charge in [-0.1, -0.05) is 181 Å². The number of hydrogen-bond donors (Lipinski definition) is 1. The van der Waals surface area contributed by atoms with E-state index in [1.165, 1.54) is 5.56 Å². The second-order valence-corrected chi connectivity index (χ2v) is 15.9. The summed E-state index contributed by atoms with van der Waals surface area (Å²) >= 11 is 1.57. The molecule has 7 aromatic carbocycles.